The van der Waals surface area contributed by atoms with Crippen molar-refractivity contribution in [1.82, 2.24) is 9.55 Å². The van der Waals surface area contributed by atoms with E-state index >= 15 is 0 Å². The summed E-state index contributed by atoms with van der Waals surface area (Å²) in [4.78, 5) is 15.7. The van der Waals surface area contributed by atoms with E-state index in [0.29, 0.717) is 11.8 Å². The first kappa shape index (κ1) is 10.5. The Kier molecular flexibility index (Phi) is 2.95. The first-order valence-electron chi connectivity index (χ1n) is 5.16. The lowest BCUT2D eigenvalue weighted by Crippen LogP contribution is -2.10. The molecule has 15 heavy (non-hydrogen) atoms. The monoisotopic (exact) mass is 228 g/mol. The van der Waals surface area contributed by atoms with E-state index in [1.54, 1.807) is 6.92 Å². The molecule has 1 aromatic heterocycles. The average molecular weight is 229 g/mol. The summed E-state index contributed by atoms with van der Waals surface area (Å²) in [5, 5.41) is 0.420. The maximum absolute atomic E-state index is 11.5. The summed E-state index contributed by atoms with van der Waals surface area (Å²) < 4.78 is 6.79. The molecule has 0 unspecified atom stereocenters. The molecule has 0 aliphatic carbocycles. The van der Waals surface area contributed by atoms with Gasteiger partial charge in [-0.2, -0.15) is 0 Å². The molecule has 0 bridgehead atoms. The molecule has 0 spiro atoms. The number of nitrogens with zero attached hydrogens (tertiary/aromatic N) is 2. The molecular formula is C10H13ClN2O2. The van der Waals surface area contributed by atoms with Crippen molar-refractivity contribution in [2.75, 3.05) is 6.61 Å². The van der Waals surface area contributed by atoms with Crippen LogP contribution in [0.5, 0.6) is 0 Å². The Bertz CT molecular complexity index is 387. The smallest absolute Gasteiger partial charge is 0.360 e. The zero-order valence-electron chi connectivity index (χ0n) is 8.62. The minimum Gasteiger partial charge on any atom is -0.461 e. The number of imidazole rings is 1. The number of carbonyl (C=O) groups excluding carboxylic acids is 1. The molecule has 0 atom stereocenters. The number of carbonyl (C=O) groups is 1. The van der Waals surface area contributed by atoms with E-state index < -0.39 is 5.97 Å². The van der Waals surface area contributed by atoms with Gasteiger partial charge in [0, 0.05) is 13.0 Å². The van der Waals surface area contributed by atoms with Crippen LogP contribution >= 0.6 is 11.6 Å². The molecule has 2 heterocycles. The lowest BCUT2D eigenvalue weighted by Gasteiger charge is -2.13. The van der Waals surface area contributed by atoms with E-state index in [0.717, 1.165) is 31.6 Å². The van der Waals surface area contributed by atoms with E-state index in [-0.39, 0.29) is 5.69 Å². The summed E-state index contributed by atoms with van der Waals surface area (Å²) in [7, 11) is 0. The highest BCUT2D eigenvalue weighted by Crippen LogP contribution is 2.24. The highest BCUT2D eigenvalue weighted by atomic mass is 35.5. The third kappa shape index (κ3) is 1.86. The Morgan fingerprint density at radius 2 is 2.40 bits per heavy atom. The van der Waals surface area contributed by atoms with Crippen molar-refractivity contribution in [2.45, 2.75) is 32.7 Å². The maximum Gasteiger partial charge on any atom is 0.360 e. The summed E-state index contributed by atoms with van der Waals surface area (Å²) >= 11 is 6.07. The van der Waals surface area contributed by atoms with E-state index in [9.17, 15) is 4.79 Å². The van der Waals surface area contributed by atoms with Crippen LogP contribution in [0.3, 0.4) is 0 Å². The molecule has 1 aliphatic heterocycles. The molecule has 0 saturated carbocycles. The fourth-order valence-electron chi connectivity index (χ4n) is 1.78. The molecule has 0 amide bonds. The van der Waals surface area contributed by atoms with Gasteiger partial charge < -0.3 is 9.30 Å². The summed E-state index contributed by atoms with van der Waals surface area (Å²) in [6.45, 7) is 2.96. The molecule has 0 saturated heterocycles. The number of esters is 1. The second-order valence-corrected chi connectivity index (χ2v) is 3.85. The van der Waals surface area contributed by atoms with Gasteiger partial charge in [0.1, 0.15) is 11.0 Å². The van der Waals surface area contributed by atoms with Crippen LogP contribution in [-0.4, -0.2) is 22.1 Å². The summed E-state index contributed by atoms with van der Waals surface area (Å²) in [6, 6.07) is 0. The van der Waals surface area contributed by atoms with Gasteiger partial charge in [0.2, 0.25) is 0 Å². The number of aromatic nitrogens is 2. The van der Waals surface area contributed by atoms with Gasteiger partial charge in [0.05, 0.1) is 6.61 Å². The van der Waals surface area contributed by atoms with E-state index in [2.05, 4.69) is 4.98 Å². The van der Waals surface area contributed by atoms with Gasteiger partial charge in [-0.15, -0.1) is 0 Å². The summed E-state index contributed by atoms with van der Waals surface area (Å²) in [6.07, 6.45) is 3.08. The molecule has 82 valence electrons. The molecule has 0 aromatic carbocycles. The number of rotatable bonds is 2. The fourth-order valence-corrected chi connectivity index (χ4v) is 2.08. The van der Waals surface area contributed by atoms with E-state index in [1.807, 2.05) is 4.57 Å². The number of ether oxygens (including phenoxy) is 1. The first-order valence-corrected chi connectivity index (χ1v) is 5.54. The third-order valence-electron chi connectivity index (χ3n) is 2.49. The zero-order valence-corrected chi connectivity index (χ0v) is 9.38. The normalized spacial score (nSPS) is 14.8. The first-order chi connectivity index (χ1) is 7.24. The summed E-state index contributed by atoms with van der Waals surface area (Å²) in [5.41, 5.74) is 0.260. The second-order valence-electron chi connectivity index (χ2n) is 3.50. The predicted octanol–water partition coefficient (Wildman–Crippen LogP) is 2.05. The van der Waals surface area contributed by atoms with Crippen molar-refractivity contribution in [3.63, 3.8) is 0 Å². The van der Waals surface area contributed by atoms with Gasteiger partial charge in [-0.3, -0.25) is 0 Å². The van der Waals surface area contributed by atoms with Crippen LogP contribution in [0.1, 0.15) is 36.1 Å². The fraction of sp³-hybridized carbons (Fsp3) is 0.600. The topological polar surface area (TPSA) is 44.1 Å². The third-order valence-corrected chi connectivity index (χ3v) is 2.87. The Morgan fingerprint density at radius 1 is 1.60 bits per heavy atom. The average Bonchev–Trinajstić information content (AvgIpc) is 2.57. The number of hydrogen-bond acceptors (Lipinski definition) is 3. The molecule has 0 N–H and O–H groups in total. The molecule has 1 aliphatic rings. The van der Waals surface area contributed by atoms with Gasteiger partial charge >= 0.3 is 5.97 Å². The van der Waals surface area contributed by atoms with E-state index in [1.165, 1.54) is 0 Å². The van der Waals surface area contributed by atoms with Crippen LogP contribution in [0.2, 0.25) is 5.15 Å². The number of hydrogen-bond donors (Lipinski definition) is 0. The number of halogens is 1. The largest absolute Gasteiger partial charge is 0.461 e. The van der Waals surface area contributed by atoms with Crippen molar-refractivity contribution >= 4 is 17.6 Å². The second kappa shape index (κ2) is 4.23. The molecule has 5 heteroatoms. The highest BCUT2D eigenvalue weighted by molar-refractivity contribution is 6.32. The molecule has 4 nitrogen and oxygen atoms in total. The Hall–Kier alpha value is -1.03. The highest BCUT2D eigenvalue weighted by Gasteiger charge is 2.23. The molecule has 0 radical (unpaired) electrons. The van der Waals surface area contributed by atoms with Crippen molar-refractivity contribution in [3.8, 4) is 0 Å². The lowest BCUT2D eigenvalue weighted by molar-refractivity contribution is 0.0520. The van der Waals surface area contributed by atoms with Crippen molar-refractivity contribution in [1.29, 1.82) is 0 Å². The van der Waals surface area contributed by atoms with Gasteiger partial charge in [0.15, 0.2) is 5.69 Å². The molecular weight excluding hydrogens is 216 g/mol. The minimum absolute atomic E-state index is 0.260. The van der Waals surface area contributed by atoms with Crippen LogP contribution in [0.4, 0.5) is 0 Å². The molecule has 0 fully saturated rings. The van der Waals surface area contributed by atoms with Gasteiger partial charge in [-0.1, -0.05) is 11.6 Å². The van der Waals surface area contributed by atoms with Crippen molar-refractivity contribution < 1.29 is 9.53 Å². The van der Waals surface area contributed by atoms with Crippen LogP contribution in [0.25, 0.3) is 0 Å². The Morgan fingerprint density at radius 3 is 3.07 bits per heavy atom. The zero-order chi connectivity index (χ0) is 10.8. The van der Waals surface area contributed by atoms with Crippen molar-refractivity contribution in [3.05, 3.63) is 16.7 Å². The quantitative estimate of drug-likeness (QED) is 0.728. The number of fused-ring (bicyclic) bond motifs is 1. The van der Waals surface area contributed by atoms with Gasteiger partial charge in [-0.05, 0) is 19.8 Å². The summed E-state index contributed by atoms with van der Waals surface area (Å²) in [5.74, 6) is 0.471. The van der Waals surface area contributed by atoms with Crippen LogP contribution in [-0.2, 0) is 17.7 Å². The predicted molar refractivity (Wildman–Crippen MR) is 56.1 cm³/mol. The Labute approximate surface area is 93.2 Å². The van der Waals surface area contributed by atoms with Gasteiger partial charge in [0.25, 0.3) is 0 Å². The standard InChI is InChI=1S/C10H13ClN2O2/c1-2-15-10(14)8-9(11)13-6-4-3-5-7(13)12-8/h2-6H2,1H3. The molecule has 2 rings (SSSR count). The lowest BCUT2D eigenvalue weighted by atomic mass is 10.2. The van der Waals surface area contributed by atoms with Gasteiger partial charge in [-0.25, -0.2) is 9.78 Å². The van der Waals surface area contributed by atoms with Crippen molar-refractivity contribution in [2.24, 2.45) is 0 Å². The molecule has 1 aromatic rings. The SMILES string of the molecule is CCOC(=O)c1nc2n(c1Cl)CCCC2. The van der Waals surface area contributed by atoms with E-state index in [4.69, 9.17) is 16.3 Å². The Balaban J connectivity index is 2.32. The van der Waals surface area contributed by atoms with Crippen LogP contribution in [0, 0.1) is 0 Å². The van der Waals surface area contributed by atoms with Crippen LogP contribution in [0.15, 0.2) is 0 Å². The number of aryl methyl sites for hydroxylation is 1. The minimum atomic E-state index is -0.426. The maximum atomic E-state index is 11.5. The van der Waals surface area contributed by atoms with Crippen LogP contribution < -0.4 is 0 Å².